The van der Waals surface area contributed by atoms with E-state index in [9.17, 15) is 0 Å². The Balaban J connectivity index is 1.73. The molecule has 0 spiro atoms. The Kier molecular flexibility index (Phi) is 5.56. The number of benzene rings is 1. The molecule has 0 bridgehead atoms. The van der Waals surface area contributed by atoms with E-state index >= 15 is 0 Å². The molecule has 1 N–H and O–H groups in total. The molecule has 0 aliphatic heterocycles. The number of ether oxygens (including phenoxy) is 1. The average Bonchev–Trinajstić information content (AvgIpc) is 2.49. The number of aromatic nitrogens is 1. The second kappa shape index (κ2) is 7.65. The number of nitrogens with one attached hydrogen (secondary N) is 1. The van der Waals surface area contributed by atoms with E-state index in [0.29, 0.717) is 6.04 Å². The quantitative estimate of drug-likeness (QED) is 0.840. The van der Waals surface area contributed by atoms with Gasteiger partial charge in [-0.15, -0.1) is 0 Å². The van der Waals surface area contributed by atoms with Gasteiger partial charge in [0.05, 0.1) is 7.11 Å². The van der Waals surface area contributed by atoms with Crippen molar-refractivity contribution >= 4 is 0 Å². The first kappa shape index (κ1) is 14.5. The van der Waals surface area contributed by atoms with Crippen LogP contribution in [0.2, 0.25) is 0 Å². The molecule has 3 nitrogen and oxygen atoms in total. The first-order valence-corrected chi connectivity index (χ1v) is 7.03. The number of hydrogen-bond donors (Lipinski definition) is 1. The number of nitrogens with zero attached hydrogens (tertiary/aromatic N) is 1. The van der Waals surface area contributed by atoms with Crippen molar-refractivity contribution in [1.29, 1.82) is 0 Å². The fourth-order valence-corrected chi connectivity index (χ4v) is 2.20. The Morgan fingerprint density at radius 1 is 1.05 bits per heavy atom. The van der Waals surface area contributed by atoms with Gasteiger partial charge in [0.25, 0.3) is 0 Å². The summed E-state index contributed by atoms with van der Waals surface area (Å²) in [5, 5.41) is 3.56. The smallest absolute Gasteiger partial charge is 0.118 e. The van der Waals surface area contributed by atoms with Crippen LogP contribution in [0.25, 0.3) is 0 Å². The summed E-state index contributed by atoms with van der Waals surface area (Å²) in [5.41, 5.74) is 2.65. The van der Waals surface area contributed by atoms with Crippen LogP contribution in [0.4, 0.5) is 0 Å². The minimum Gasteiger partial charge on any atom is -0.497 e. The van der Waals surface area contributed by atoms with Gasteiger partial charge in [0.15, 0.2) is 0 Å². The van der Waals surface area contributed by atoms with Crippen LogP contribution >= 0.6 is 0 Å². The second-order valence-corrected chi connectivity index (χ2v) is 5.01. The van der Waals surface area contributed by atoms with Crippen LogP contribution < -0.4 is 10.1 Å². The van der Waals surface area contributed by atoms with E-state index < -0.39 is 0 Å². The molecular weight excluding hydrogens is 248 g/mol. The highest BCUT2D eigenvalue weighted by Crippen LogP contribution is 2.12. The number of rotatable bonds is 7. The Bertz CT molecular complexity index is 496. The summed E-state index contributed by atoms with van der Waals surface area (Å²) in [7, 11) is 1.69. The van der Waals surface area contributed by atoms with E-state index in [1.807, 2.05) is 24.5 Å². The molecule has 2 rings (SSSR count). The molecule has 1 atom stereocenters. The Labute approximate surface area is 121 Å². The maximum atomic E-state index is 5.17. The highest BCUT2D eigenvalue weighted by Gasteiger charge is 2.03. The molecule has 1 unspecified atom stereocenters. The highest BCUT2D eigenvalue weighted by molar-refractivity contribution is 5.27. The van der Waals surface area contributed by atoms with Crippen LogP contribution in [0.15, 0.2) is 48.8 Å². The fourth-order valence-electron chi connectivity index (χ4n) is 2.20. The van der Waals surface area contributed by atoms with Crippen molar-refractivity contribution in [2.24, 2.45) is 0 Å². The van der Waals surface area contributed by atoms with Crippen LogP contribution in [0.1, 0.15) is 18.1 Å². The van der Waals surface area contributed by atoms with Gasteiger partial charge in [-0.3, -0.25) is 4.98 Å². The summed E-state index contributed by atoms with van der Waals surface area (Å²) in [5.74, 6) is 0.909. The van der Waals surface area contributed by atoms with Crippen molar-refractivity contribution in [3.63, 3.8) is 0 Å². The van der Waals surface area contributed by atoms with Crippen molar-refractivity contribution in [2.45, 2.75) is 25.8 Å². The lowest BCUT2D eigenvalue weighted by Gasteiger charge is -2.14. The van der Waals surface area contributed by atoms with Gasteiger partial charge in [0, 0.05) is 18.4 Å². The molecule has 0 amide bonds. The molecular formula is C17H22N2O. The SMILES string of the molecule is COc1ccc(CC(C)NCCc2ccncc2)cc1. The van der Waals surface area contributed by atoms with Crippen LogP contribution in [-0.4, -0.2) is 24.7 Å². The van der Waals surface area contributed by atoms with E-state index in [4.69, 9.17) is 4.74 Å². The maximum Gasteiger partial charge on any atom is 0.118 e. The maximum absolute atomic E-state index is 5.17. The van der Waals surface area contributed by atoms with E-state index in [0.717, 1.165) is 25.1 Å². The first-order valence-electron chi connectivity index (χ1n) is 7.03. The van der Waals surface area contributed by atoms with E-state index in [1.54, 1.807) is 7.11 Å². The Morgan fingerprint density at radius 2 is 1.75 bits per heavy atom. The summed E-state index contributed by atoms with van der Waals surface area (Å²) in [6.07, 6.45) is 5.75. The standard InChI is InChI=1S/C17H22N2O/c1-14(13-16-3-5-17(20-2)6-4-16)19-12-9-15-7-10-18-11-8-15/h3-8,10-11,14,19H,9,12-13H2,1-2H3. The van der Waals surface area contributed by atoms with Gasteiger partial charge in [-0.1, -0.05) is 12.1 Å². The van der Waals surface area contributed by atoms with Crippen molar-refractivity contribution in [1.82, 2.24) is 10.3 Å². The summed E-state index contributed by atoms with van der Waals surface area (Å²) in [6.45, 7) is 3.21. The lowest BCUT2D eigenvalue weighted by molar-refractivity contribution is 0.414. The molecule has 0 aliphatic rings. The minimum atomic E-state index is 0.463. The van der Waals surface area contributed by atoms with E-state index in [2.05, 4.69) is 41.5 Å². The average molecular weight is 270 g/mol. The van der Waals surface area contributed by atoms with Gasteiger partial charge in [0.2, 0.25) is 0 Å². The van der Waals surface area contributed by atoms with Gasteiger partial charge < -0.3 is 10.1 Å². The molecule has 1 aromatic heterocycles. The van der Waals surface area contributed by atoms with Gasteiger partial charge in [-0.05, 0) is 61.7 Å². The molecule has 0 aliphatic carbocycles. The zero-order valence-corrected chi connectivity index (χ0v) is 12.2. The molecule has 0 saturated heterocycles. The third-order valence-electron chi connectivity index (χ3n) is 3.36. The Morgan fingerprint density at radius 3 is 2.40 bits per heavy atom. The summed E-state index contributed by atoms with van der Waals surface area (Å²) < 4.78 is 5.17. The zero-order chi connectivity index (χ0) is 14.2. The van der Waals surface area contributed by atoms with Crippen molar-refractivity contribution in [2.75, 3.05) is 13.7 Å². The second-order valence-electron chi connectivity index (χ2n) is 5.01. The topological polar surface area (TPSA) is 34.1 Å². The molecule has 20 heavy (non-hydrogen) atoms. The van der Waals surface area contributed by atoms with Crippen molar-refractivity contribution < 1.29 is 4.74 Å². The van der Waals surface area contributed by atoms with Gasteiger partial charge >= 0.3 is 0 Å². The highest BCUT2D eigenvalue weighted by atomic mass is 16.5. The number of hydrogen-bond acceptors (Lipinski definition) is 3. The van der Waals surface area contributed by atoms with Crippen LogP contribution in [0, 0.1) is 0 Å². The summed E-state index contributed by atoms with van der Waals surface area (Å²) in [4.78, 5) is 4.03. The molecule has 106 valence electrons. The lowest BCUT2D eigenvalue weighted by atomic mass is 10.1. The molecule has 0 fully saturated rings. The molecule has 1 aromatic carbocycles. The largest absolute Gasteiger partial charge is 0.497 e. The molecule has 2 aromatic rings. The molecule has 0 saturated carbocycles. The monoisotopic (exact) mass is 270 g/mol. The predicted molar refractivity (Wildman–Crippen MR) is 82.1 cm³/mol. The van der Waals surface area contributed by atoms with Crippen LogP contribution in [0.5, 0.6) is 5.75 Å². The third-order valence-corrected chi connectivity index (χ3v) is 3.36. The normalized spacial score (nSPS) is 12.1. The predicted octanol–water partition coefficient (Wildman–Crippen LogP) is 2.85. The summed E-state index contributed by atoms with van der Waals surface area (Å²) in [6, 6.07) is 12.9. The third kappa shape index (κ3) is 4.67. The van der Waals surface area contributed by atoms with Gasteiger partial charge in [-0.2, -0.15) is 0 Å². The van der Waals surface area contributed by atoms with Gasteiger partial charge in [-0.25, -0.2) is 0 Å². The van der Waals surface area contributed by atoms with E-state index in [-0.39, 0.29) is 0 Å². The number of pyridine rings is 1. The molecule has 0 radical (unpaired) electrons. The summed E-state index contributed by atoms with van der Waals surface area (Å²) >= 11 is 0. The molecule has 1 heterocycles. The fraction of sp³-hybridized carbons (Fsp3) is 0.353. The van der Waals surface area contributed by atoms with Gasteiger partial charge in [0.1, 0.15) is 5.75 Å². The van der Waals surface area contributed by atoms with Crippen molar-refractivity contribution in [3.8, 4) is 5.75 Å². The minimum absolute atomic E-state index is 0.463. The van der Waals surface area contributed by atoms with Crippen molar-refractivity contribution in [3.05, 3.63) is 59.9 Å². The number of methoxy groups -OCH3 is 1. The first-order chi connectivity index (χ1) is 9.78. The van der Waals surface area contributed by atoms with Crippen LogP contribution in [-0.2, 0) is 12.8 Å². The van der Waals surface area contributed by atoms with E-state index in [1.165, 1.54) is 11.1 Å². The van der Waals surface area contributed by atoms with Crippen LogP contribution in [0.3, 0.4) is 0 Å². The lowest BCUT2D eigenvalue weighted by Crippen LogP contribution is -2.29. The Hall–Kier alpha value is -1.87. The zero-order valence-electron chi connectivity index (χ0n) is 12.2. The molecule has 3 heteroatoms.